The zero-order valence-corrected chi connectivity index (χ0v) is 20.9. The summed E-state index contributed by atoms with van der Waals surface area (Å²) < 4.78 is 0. The van der Waals surface area contributed by atoms with Crippen LogP contribution < -0.4 is 5.32 Å². The average Bonchev–Trinajstić information content (AvgIpc) is 3.20. The number of amides is 3. The minimum absolute atomic E-state index is 0.0104. The smallest absolute Gasteiger partial charge is 0.322 e. The first-order valence-corrected chi connectivity index (χ1v) is 12.2. The van der Waals surface area contributed by atoms with Crippen molar-refractivity contribution in [1.29, 1.82) is 0 Å². The number of hydrogen-bond acceptors (Lipinski definition) is 3. The molecular formula is C26H30ClN3O2S. The van der Waals surface area contributed by atoms with Gasteiger partial charge in [-0.15, -0.1) is 11.3 Å². The molecule has 0 atom stereocenters. The normalized spacial score (nSPS) is 10.7. The van der Waals surface area contributed by atoms with Crippen molar-refractivity contribution >= 4 is 40.6 Å². The third-order valence-electron chi connectivity index (χ3n) is 5.24. The van der Waals surface area contributed by atoms with E-state index in [1.165, 1.54) is 4.88 Å². The zero-order valence-electron chi connectivity index (χ0n) is 19.3. The van der Waals surface area contributed by atoms with Gasteiger partial charge in [0.2, 0.25) is 5.91 Å². The highest BCUT2D eigenvalue weighted by Gasteiger charge is 2.22. The molecule has 0 unspecified atom stereocenters. The fraction of sp³-hybridized carbons (Fsp3) is 0.308. The summed E-state index contributed by atoms with van der Waals surface area (Å²) in [6.07, 6.45) is 0.748. The van der Waals surface area contributed by atoms with Crippen LogP contribution >= 0.6 is 22.9 Å². The highest BCUT2D eigenvalue weighted by molar-refractivity contribution is 7.11. The van der Waals surface area contributed by atoms with Crippen LogP contribution in [0.4, 0.5) is 10.5 Å². The van der Waals surface area contributed by atoms with Gasteiger partial charge in [-0.3, -0.25) is 4.79 Å². The zero-order chi connectivity index (χ0) is 23.8. The minimum atomic E-state index is -0.309. The van der Waals surface area contributed by atoms with Crippen molar-refractivity contribution in [3.63, 3.8) is 0 Å². The summed E-state index contributed by atoms with van der Waals surface area (Å²) in [4.78, 5) is 32.1. The summed E-state index contributed by atoms with van der Waals surface area (Å²) in [5.41, 5.74) is 2.61. The van der Waals surface area contributed by atoms with E-state index in [1.54, 1.807) is 22.3 Å². The van der Waals surface area contributed by atoms with E-state index in [1.807, 2.05) is 61.2 Å². The van der Waals surface area contributed by atoms with Gasteiger partial charge in [0, 0.05) is 33.6 Å². The molecule has 1 heterocycles. The standard InChI is InChI=1S/C26H30ClN3O2S/c1-4-14-29(26(32)28-22-12-10-19(2)24(27)15-22)18-25(31)30(16-21-8-6-5-7-9-21)17-23-13-11-20(3)33-23/h5-13,15H,4,14,16-18H2,1-3H3,(H,28,32). The summed E-state index contributed by atoms with van der Waals surface area (Å²) in [5.74, 6) is -0.0876. The SMILES string of the molecule is CCCN(CC(=O)N(Cc1ccccc1)Cc1ccc(C)s1)C(=O)Nc1ccc(C)c(Cl)c1. The van der Waals surface area contributed by atoms with Crippen molar-refractivity contribution in [2.75, 3.05) is 18.4 Å². The summed E-state index contributed by atoms with van der Waals surface area (Å²) >= 11 is 7.88. The molecule has 174 valence electrons. The van der Waals surface area contributed by atoms with Crippen LogP contribution in [0.25, 0.3) is 0 Å². The minimum Gasteiger partial charge on any atom is -0.332 e. The Morgan fingerprint density at radius 3 is 2.36 bits per heavy atom. The van der Waals surface area contributed by atoms with E-state index >= 15 is 0 Å². The Bertz CT molecular complexity index is 1080. The average molecular weight is 484 g/mol. The number of urea groups is 1. The number of hydrogen-bond donors (Lipinski definition) is 1. The Morgan fingerprint density at radius 2 is 1.73 bits per heavy atom. The van der Waals surface area contributed by atoms with Crippen LogP contribution in [-0.2, 0) is 17.9 Å². The molecule has 1 aromatic heterocycles. The molecule has 0 aliphatic carbocycles. The second-order valence-electron chi connectivity index (χ2n) is 8.06. The van der Waals surface area contributed by atoms with E-state index in [0.29, 0.717) is 30.3 Å². The van der Waals surface area contributed by atoms with E-state index in [0.717, 1.165) is 22.4 Å². The summed E-state index contributed by atoms with van der Waals surface area (Å²) in [5, 5.41) is 3.46. The van der Waals surface area contributed by atoms with Gasteiger partial charge in [-0.2, -0.15) is 0 Å². The molecule has 0 aliphatic rings. The van der Waals surface area contributed by atoms with Crippen LogP contribution in [0.15, 0.2) is 60.7 Å². The number of carbonyl (C=O) groups excluding carboxylic acids is 2. The number of anilines is 1. The molecule has 2 aromatic carbocycles. The van der Waals surface area contributed by atoms with E-state index in [9.17, 15) is 9.59 Å². The Kier molecular flexibility index (Phi) is 8.92. The lowest BCUT2D eigenvalue weighted by Crippen LogP contribution is -2.44. The van der Waals surface area contributed by atoms with Gasteiger partial charge < -0.3 is 15.1 Å². The highest BCUT2D eigenvalue weighted by Crippen LogP contribution is 2.21. The second-order valence-corrected chi connectivity index (χ2v) is 9.84. The Balaban J connectivity index is 1.74. The fourth-order valence-electron chi connectivity index (χ4n) is 3.45. The van der Waals surface area contributed by atoms with Crippen molar-refractivity contribution < 1.29 is 9.59 Å². The predicted molar refractivity (Wildman–Crippen MR) is 137 cm³/mol. The molecule has 7 heteroatoms. The van der Waals surface area contributed by atoms with Gasteiger partial charge in [0.15, 0.2) is 0 Å². The van der Waals surface area contributed by atoms with Crippen LogP contribution in [0.5, 0.6) is 0 Å². The third kappa shape index (κ3) is 7.34. The maximum Gasteiger partial charge on any atom is 0.322 e. The van der Waals surface area contributed by atoms with Crippen molar-refractivity contribution in [1.82, 2.24) is 9.80 Å². The van der Waals surface area contributed by atoms with Crippen LogP contribution in [0.2, 0.25) is 5.02 Å². The van der Waals surface area contributed by atoms with Gasteiger partial charge in [0.05, 0.1) is 6.54 Å². The van der Waals surface area contributed by atoms with Crippen LogP contribution in [0.3, 0.4) is 0 Å². The lowest BCUT2D eigenvalue weighted by molar-refractivity contribution is -0.133. The molecule has 3 aromatic rings. The first-order valence-electron chi connectivity index (χ1n) is 11.0. The highest BCUT2D eigenvalue weighted by atomic mass is 35.5. The molecule has 0 saturated heterocycles. The summed E-state index contributed by atoms with van der Waals surface area (Å²) in [6.45, 7) is 7.45. The number of thiophene rings is 1. The molecule has 33 heavy (non-hydrogen) atoms. The molecule has 0 bridgehead atoms. The number of benzene rings is 2. The first-order chi connectivity index (χ1) is 15.9. The van der Waals surface area contributed by atoms with Gasteiger partial charge in [-0.05, 0) is 55.7 Å². The monoisotopic (exact) mass is 483 g/mol. The van der Waals surface area contributed by atoms with Gasteiger partial charge >= 0.3 is 6.03 Å². The van der Waals surface area contributed by atoms with Gasteiger partial charge in [0.25, 0.3) is 0 Å². The number of carbonyl (C=O) groups is 2. The largest absolute Gasteiger partial charge is 0.332 e. The first kappa shape index (κ1) is 24.8. The topological polar surface area (TPSA) is 52.7 Å². The predicted octanol–water partition coefficient (Wildman–Crippen LogP) is 6.49. The van der Waals surface area contributed by atoms with Crippen molar-refractivity contribution in [2.24, 2.45) is 0 Å². The van der Waals surface area contributed by atoms with Crippen molar-refractivity contribution in [2.45, 2.75) is 40.3 Å². The van der Waals surface area contributed by atoms with Crippen molar-refractivity contribution in [3.8, 4) is 0 Å². The summed E-state index contributed by atoms with van der Waals surface area (Å²) in [6, 6.07) is 19.1. The molecule has 1 N–H and O–H groups in total. The maximum absolute atomic E-state index is 13.4. The molecule has 0 aliphatic heterocycles. The molecule has 5 nitrogen and oxygen atoms in total. The summed E-state index contributed by atoms with van der Waals surface area (Å²) in [7, 11) is 0. The van der Waals surface area contributed by atoms with Crippen LogP contribution in [0, 0.1) is 13.8 Å². The lowest BCUT2D eigenvalue weighted by atomic mass is 10.2. The molecule has 3 rings (SSSR count). The Morgan fingerprint density at radius 1 is 0.970 bits per heavy atom. The number of nitrogens with zero attached hydrogens (tertiary/aromatic N) is 2. The maximum atomic E-state index is 13.4. The van der Waals surface area contributed by atoms with Crippen LogP contribution in [-0.4, -0.2) is 34.8 Å². The van der Waals surface area contributed by atoms with E-state index < -0.39 is 0 Å². The van der Waals surface area contributed by atoms with Crippen molar-refractivity contribution in [3.05, 3.63) is 86.6 Å². The number of aryl methyl sites for hydroxylation is 2. The van der Waals surface area contributed by atoms with Gasteiger partial charge in [0.1, 0.15) is 6.54 Å². The third-order valence-corrected chi connectivity index (χ3v) is 6.63. The molecular weight excluding hydrogens is 454 g/mol. The molecule has 3 amide bonds. The van der Waals surface area contributed by atoms with Gasteiger partial charge in [-0.1, -0.05) is 54.9 Å². The quantitative estimate of drug-likeness (QED) is 0.378. The number of halogens is 1. The van der Waals surface area contributed by atoms with E-state index in [2.05, 4.69) is 24.4 Å². The number of rotatable bonds is 9. The van der Waals surface area contributed by atoms with E-state index in [4.69, 9.17) is 11.6 Å². The Hall–Kier alpha value is -2.83. The van der Waals surface area contributed by atoms with E-state index in [-0.39, 0.29) is 18.5 Å². The van der Waals surface area contributed by atoms with Crippen LogP contribution in [0.1, 0.15) is 34.2 Å². The molecule has 0 fully saturated rings. The molecule has 0 radical (unpaired) electrons. The fourth-order valence-corrected chi connectivity index (χ4v) is 4.54. The molecule has 0 saturated carbocycles. The second kappa shape index (κ2) is 11.9. The lowest BCUT2D eigenvalue weighted by Gasteiger charge is -2.27. The molecule has 0 spiro atoms. The Labute approximate surface area is 205 Å². The van der Waals surface area contributed by atoms with Gasteiger partial charge in [-0.25, -0.2) is 4.79 Å². The number of nitrogens with one attached hydrogen (secondary N) is 1.